The van der Waals surface area contributed by atoms with Crippen LogP contribution in [0.5, 0.6) is 5.88 Å². The Morgan fingerprint density at radius 1 is 1.47 bits per heavy atom. The average molecular weight is 272 g/mol. The molecular weight excluding hydrogens is 260 g/mol. The smallest absolute Gasteiger partial charge is 0.245 e. The third-order valence-electron chi connectivity index (χ3n) is 2.66. The zero-order chi connectivity index (χ0) is 12.5. The van der Waals surface area contributed by atoms with E-state index in [9.17, 15) is 8.42 Å². The Hall–Kier alpha value is -1.13. The minimum atomic E-state index is -3.40. The lowest BCUT2D eigenvalue weighted by atomic mass is 10.3. The van der Waals surface area contributed by atoms with Gasteiger partial charge in [-0.3, -0.25) is 0 Å². The molecule has 92 valence electrons. The van der Waals surface area contributed by atoms with Crippen LogP contribution in [0.2, 0.25) is 0 Å². The zero-order valence-electron chi connectivity index (χ0n) is 9.34. The quantitative estimate of drug-likeness (QED) is 0.837. The molecule has 0 bridgehead atoms. The predicted molar refractivity (Wildman–Crippen MR) is 62.8 cm³/mol. The molecule has 0 N–H and O–H groups in total. The molecule has 1 heterocycles. The molecule has 0 unspecified atom stereocenters. The van der Waals surface area contributed by atoms with Gasteiger partial charge >= 0.3 is 0 Å². The second-order valence-electron chi connectivity index (χ2n) is 4.06. The predicted octanol–water partition coefficient (Wildman–Crippen LogP) is 1.74. The lowest BCUT2D eigenvalue weighted by Gasteiger charge is -2.09. The molecule has 1 aliphatic rings. The van der Waals surface area contributed by atoms with E-state index in [0.717, 1.165) is 43.5 Å². The van der Waals surface area contributed by atoms with Gasteiger partial charge in [0.1, 0.15) is 17.7 Å². The number of rotatable bonds is 3. The second-order valence-corrected chi connectivity index (χ2v) is 7.04. The van der Waals surface area contributed by atoms with Crippen molar-refractivity contribution in [3.8, 4) is 11.9 Å². The van der Waals surface area contributed by atoms with Crippen LogP contribution >= 0.6 is 11.5 Å². The minimum Gasteiger partial charge on any atom is -0.473 e. The lowest BCUT2D eigenvalue weighted by Crippen LogP contribution is -2.12. The highest BCUT2D eigenvalue weighted by atomic mass is 32.2. The summed E-state index contributed by atoms with van der Waals surface area (Å²) in [5, 5.41) is 9.00. The van der Waals surface area contributed by atoms with Crippen molar-refractivity contribution in [2.45, 2.75) is 36.0 Å². The Labute approximate surface area is 104 Å². The normalized spacial score (nSPS) is 16.9. The Balaban J connectivity index is 2.30. The van der Waals surface area contributed by atoms with Gasteiger partial charge in [0.25, 0.3) is 0 Å². The molecule has 0 aliphatic heterocycles. The highest BCUT2D eigenvalue weighted by Crippen LogP contribution is 2.31. The fourth-order valence-electron chi connectivity index (χ4n) is 1.85. The van der Waals surface area contributed by atoms with Crippen LogP contribution in [0.15, 0.2) is 4.21 Å². The van der Waals surface area contributed by atoms with Gasteiger partial charge in [-0.2, -0.15) is 9.64 Å². The van der Waals surface area contributed by atoms with Crippen LogP contribution in [0.25, 0.3) is 0 Å². The van der Waals surface area contributed by atoms with Crippen molar-refractivity contribution < 1.29 is 13.2 Å². The number of hydrogen-bond donors (Lipinski definition) is 0. The Kier molecular flexibility index (Phi) is 3.35. The van der Waals surface area contributed by atoms with Gasteiger partial charge in [0.05, 0.1) is 0 Å². The van der Waals surface area contributed by atoms with Gasteiger partial charge in [-0.1, -0.05) is 0 Å². The average Bonchev–Trinajstić information content (AvgIpc) is 2.85. The van der Waals surface area contributed by atoms with Crippen LogP contribution < -0.4 is 4.74 Å². The van der Waals surface area contributed by atoms with Crippen molar-refractivity contribution in [3.05, 3.63) is 5.56 Å². The van der Waals surface area contributed by atoms with Crippen LogP contribution in [-0.2, 0) is 9.84 Å². The van der Waals surface area contributed by atoms with Crippen molar-refractivity contribution in [2.24, 2.45) is 0 Å². The molecule has 7 heteroatoms. The third kappa shape index (κ3) is 2.58. The molecule has 5 nitrogen and oxygen atoms in total. The highest BCUT2D eigenvalue weighted by molar-refractivity contribution is 7.92. The standard InChI is InChI=1S/C10H12N2O3S2/c1-17(13,14)10-8(6-11)9(12-16-10)15-7-4-2-3-5-7/h7H,2-5H2,1H3. The number of nitrogens with zero attached hydrogens (tertiary/aromatic N) is 2. The van der Waals surface area contributed by atoms with Crippen LogP contribution in [-0.4, -0.2) is 25.2 Å². The molecule has 2 rings (SSSR count). The number of hydrogen-bond acceptors (Lipinski definition) is 6. The number of nitriles is 1. The van der Waals surface area contributed by atoms with Crippen molar-refractivity contribution in [3.63, 3.8) is 0 Å². The molecule has 1 aliphatic carbocycles. The summed E-state index contributed by atoms with van der Waals surface area (Å²) in [6.45, 7) is 0. The van der Waals surface area contributed by atoms with E-state index in [1.54, 1.807) is 0 Å². The van der Waals surface area contributed by atoms with E-state index in [4.69, 9.17) is 10.00 Å². The molecule has 0 saturated heterocycles. The number of sulfone groups is 1. The van der Waals surface area contributed by atoms with Crippen LogP contribution in [0.1, 0.15) is 31.2 Å². The van der Waals surface area contributed by atoms with Crippen molar-refractivity contribution >= 4 is 21.4 Å². The summed E-state index contributed by atoms with van der Waals surface area (Å²) >= 11 is 0.806. The maximum atomic E-state index is 11.4. The summed E-state index contributed by atoms with van der Waals surface area (Å²) in [6, 6.07) is 1.87. The fourth-order valence-corrected chi connectivity index (χ4v) is 3.53. The zero-order valence-corrected chi connectivity index (χ0v) is 11.0. The van der Waals surface area contributed by atoms with E-state index >= 15 is 0 Å². The topological polar surface area (TPSA) is 80.1 Å². The van der Waals surface area contributed by atoms with Crippen LogP contribution in [0.4, 0.5) is 0 Å². The minimum absolute atomic E-state index is 0.00648. The number of ether oxygens (including phenoxy) is 1. The van der Waals surface area contributed by atoms with E-state index in [2.05, 4.69) is 4.37 Å². The maximum Gasteiger partial charge on any atom is 0.245 e. The van der Waals surface area contributed by atoms with Gasteiger partial charge in [-0.15, -0.1) is 0 Å². The third-order valence-corrected chi connectivity index (χ3v) is 5.30. The molecule has 0 aromatic carbocycles. The molecule has 1 saturated carbocycles. The van der Waals surface area contributed by atoms with Gasteiger partial charge in [-0.05, 0) is 37.2 Å². The molecule has 17 heavy (non-hydrogen) atoms. The monoisotopic (exact) mass is 272 g/mol. The largest absolute Gasteiger partial charge is 0.473 e. The van der Waals surface area contributed by atoms with E-state index in [1.807, 2.05) is 6.07 Å². The molecule has 1 aromatic rings. The van der Waals surface area contributed by atoms with Gasteiger partial charge < -0.3 is 4.74 Å². The summed E-state index contributed by atoms with van der Waals surface area (Å²) < 4.78 is 32.4. The van der Waals surface area contributed by atoms with Gasteiger partial charge in [-0.25, -0.2) is 8.42 Å². The molecule has 0 radical (unpaired) electrons. The molecule has 0 amide bonds. The van der Waals surface area contributed by atoms with E-state index in [1.165, 1.54) is 0 Å². The Bertz CT molecular complexity index is 551. The molecule has 1 aromatic heterocycles. The molecular formula is C10H12N2O3S2. The van der Waals surface area contributed by atoms with Crippen LogP contribution in [0, 0.1) is 11.3 Å². The first-order valence-corrected chi connectivity index (χ1v) is 7.95. The first-order chi connectivity index (χ1) is 8.02. The van der Waals surface area contributed by atoms with Crippen molar-refractivity contribution in [2.75, 3.05) is 6.26 Å². The second kappa shape index (κ2) is 4.63. The molecule has 0 atom stereocenters. The fraction of sp³-hybridized carbons (Fsp3) is 0.600. The van der Waals surface area contributed by atoms with Gasteiger partial charge in [0.15, 0.2) is 14.0 Å². The van der Waals surface area contributed by atoms with Crippen LogP contribution in [0.3, 0.4) is 0 Å². The van der Waals surface area contributed by atoms with Gasteiger partial charge in [0, 0.05) is 6.26 Å². The maximum absolute atomic E-state index is 11.4. The van der Waals surface area contributed by atoms with E-state index < -0.39 is 9.84 Å². The molecule has 1 fully saturated rings. The Morgan fingerprint density at radius 3 is 2.65 bits per heavy atom. The SMILES string of the molecule is CS(=O)(=O)c1snc(OC2CCCC2)c1C#N. The number of aromatic nitrogens is 1. The van der Waals surface area contributed by atoms with Crippen molar-refractivity contribution in [1.82, 2.24) is 4.37 Å². The highest BCUT2D eigenvalue weighted by Gasteiger charge is 2.25. The van der Waals surface area contributed by atoms with Crippen molar-refractivity contribution in [1.29, 1.82) is 5.26 Å². The molecule has 0 spiro atoms. The van der Waals surface area contributed by atoms with E-state index in [-0.39, 0.29) is 21.8 Å². The first-order valence-electron chi connectivity index (χ1n) is 5.29. The summed E-state index contributed by atoms with van der Waals surface area (Å²) in [6.07, 6.45) is 5.23. The van der Waals surface area contributed by atoms with Gasteiger partial charge in [0.2, 0.25) is 5.88 Å². The first kappa shape index (κ1) is 12.3. The van der Waals surface area contributed by atoms with E-state index in [0.29, 0.717) is 0 Å². The Morgan fingerprint density at radius 2 is 2.12 bits per heavy atom. The summed E-state index contributed by atoms with van der Waals surface area (Å²) in [4.78, 5) is 0. The summed E-state index contributed by atoms with van der Waals surface area (Å²) in [5.74, 6) is 0.171. The summed E-state index contributed by atoms with van der Waals surface area (Å²) in [5.41, 5.74) is 0.0457. The lowest BCUT2D eigenvalue weighted by molar-refractivity contribution is 0.202. The summed E-state index contributed by atoms with van der Waals surface area (Å²) in [7, 11) is -3.40.